The zero-order valence-corrected chi connectivity index (χ0v) is 9.04. The lowest BCUT2D eigenvalue weighted by Crippen LogP contribution is -2.04. The molecule has 0 aliphatic rings. The molecule has 0 aliphatic heterocycles. The third-order valence-corrected chi connectivity index (χ3v) is 2.27. The van der Waals surface area contributed by atoms with Crippen LogP contribution < -0.4 is 0 Å². The van der Waals surface area contributed by atoms with Crippen molar-refractivity contribution >= 4 is 0 Å². The van der Waals surface area contributed by atoms with Gasteiger partial charge in [-0.2, -0.15) is 18.2 Å². The zero-order chi connectivity index (χ0) is 12.6. The van der Waals surface area contributed by atoms with Gasteiger partial charge in [0, 0.05) is 17.5 Å². The molecular weight excluding hydrogens is 235 g/mol. The van der Waals surface area contributed by atoms with Gasteiger partial charge in [0.2, 0.25) is 5.82 Å². The summed E-state index contributed by atoms with van der Waals surface area (Å²) in [4.78, 5) is 7.30. The Morgan fingerprint density at radius 2 is 1.94 bits per heavy atom. The van der Waals surface area contributed by atoms with Gasteiger partial charge < -0.3 is 4.52 Å². The van der Waals surface area contributed by atoms with E-state index in [1.165, 1.54) is 6.20 Å². The summed E-state index contributed by atoms with van der Waals surface area (Å²) in [5, 5.41) is 3.28. The van der Waals surface area contributed by atoms with Crippen LogP contribution in [0.4, 0.5) is 13.2 Å². The monoisotopic (exact) mass is 243 g/mol. The molecule has 0 radical (unpaired) electrons. The molecule has 0 spiro atoms. The van der Waals surface area contributed by atoms with Crippen LogP contribution >= 0.6 is 0 Å². The van der Waals surface area contributed by atoms with Crippen LogP contribution in [0.3, 0.4) is 0 Å². The maximum Gasteiger partial charge on any atom is 0.471 e. The molecule has 0 atom stereocenters. The highest BCUT2D eigenvalue weighted by molar-refractivity contribution is 5.54. The van der Waals surface area contributed by atoms with Crippen LogP contribution in [0, 0.1) is 13.8 Å². The van der Waals surface area contributed by atoms with E-state index in [0.717, 1.165) is 11.3 Å². The van der Waals surface area contributed by atoms with E-state index in [1.807, 2.05) is 0 Å². The van der Waals surface area contributed by atoms with E-state index in [0.29, 0.717) is 5.56 Å². The Balaban J connectivity index is 2.40. The molecule has 0 aliphatic carbocycles. The average molecular weight is 243 g/mol. The van der Waals surface area contributed by atoms with Crippen molar-refractivity contribution in [2.24, 2.45) is 0 Å². The molecule has 0 fully saturated rings. The normalized spacial score (nSPS) is 11.8. The average Bonchev–Trinajstić information content (AvgIpc) is 2.70. The molecule has 0 aromatic carbocycles. The SMILES string of the molecule is Cc1cc(-c2noc(C(F)(F)F)n2)cnc1C. The van der Waals surface area contributed by atoms with E-state index in [2.05, 4.69) is 19.6 Å². The fourth-order valence-electron chi connectivity index (χ4n) is 1.22. The molecule has 0 bridgehead atoms. The van der Waals surface area contributed by atoms with E-state index in [1.54, 1.807) is 19.9 Å². The molecule has 0 N–H and O–H groups in total. The number of rotatable bonds is 1. The molecule has 90 valence electrons. The summed E-state index contributed by atoms with van der Waals surface area (Å²) < 4.78 is 40.9. The van der Waals surface area contributed by atoms with Gasteiger partial charge in [0.25, 0.3) is 0 Å². The molecule has 2 rings (SSSR count). The molecule has 2 aromatic rings. The minimum atomic E-state index is -4.63. The predicted octanol–water partition coefficient (Wildman–Crippen LogP) is 2.77. The third kappa shape index (κ3) is 2.27. The van der Waals surface area contributed by atoms with Crippen LogP contribution in [-0.2, 0) is 6.18 Å². The van der Waals surface area contributed by atoms with Gasteiger partial charge in [-0.3, -0.25) is 4.98 Å². The standard InChI is InChI=1S/C10H8F3N3O/c1-5-3-7(4-14-6(5)2)8-15-9(17-16-8)10(11,12)13/h3-4H,1-2H3. The summed E-state index contributed by atoms with van der Waals surface area (Å²) in [7, 11) is 0. The van der Waals surface area contributed by atoms with Gasteiger partial charge in [-0.05, 0) is 25.5 Å². The number of hydrogen-bond donors (Lipinski definition) is 0. The van der Waals surface area contributed by atoms with Crippen LogP contribution in [0.15, 0.2) is 16.8 Å². The number of aryl methyl sites for hydroxylation is 2. The molecule has 0 amide bonds. The number of halogens is 3. The Labute approximate surface area is 94.5 Å². The van der Waals surface area contributed by atoms with Gasteiger partial charge in [0.1, 0.15) is 0 Å². The molecule has 7 heteroatoms. The Hall–Kier alpha value is -1.92. The first-order valence-corrected chi connectivity index (χ1v) is 4.72. The highest BCUT2D eigenvalue weighted by atomic mass is 19.4. The van der Waals surface area contributed by atoms with Crippen molar-refractivity contribution in [3.05, 3.63) is 29.4 Å². The van der Waals surface area contributed by atoms with Crippen LogP contribution in [-0.4, -0.2) is 15.1 Å². The fourth-order valence-corrected chi connectivity index (χ4v) is 1.22. The summed E-state index contributed by atoms with van der Waals surface area (Å²) in [6.45, 7) is 3.60. The van der Waals surface area contributed by atoms with Crippen molar-refractivity contribution < 1.29 is 17.7 Å². The topological polar surface area (TPSA) is 51.8 Å². The van der Waals surface area contributed by atoms with Gasteiger partial charge >= 0.3 is 12.1 Å². The van der Waals surface area contributed by atoms with E-state index in [4.69, 9.17) is 0 Å². The van der Waals surface area contributed by atoms with Gasteiger partial charge in [0.15, 0.2) is 0 Å². The van der Waals surface area contributed by atoms with Gasteiger partial charge in [-0.1, -0.05) is 5.16 Å². The Bertz CT molecular complexity index is 548. The zero-order valence-electron chi connectivity index (χ0n) is 9.04. The summed E-state index contributed by atoms with van der Waals surface area (Å²) in [5.74, 6) is -1.47. The first-order chi connectivity index (χ1) is 7.88. The number of hydrogen-bond acceptors (Lipinski definition) is 4. The van der Waals surface area contributed by atoms with Crippen molar-refractivity contribution in [1.82, 2.24) is 15.1 Å². The van der Waals surface area contributed by atoms with Gasteiger partial charge in [0.05, 0.1) is 0 Å². The molecule has 4 nitrogen and oxygen atoms in total. The van der Waals surface area contributed by atoms with Crippen LogP contribution in [0.1, 0.15) is 17.1 Å². The maximum absolute atomic E-state index is 12.2. The minimum absolute atomic E-state index is 0.118. The van der Waals surface area contributed by atoms with E-state index < -0.39 is 12.1 Å². The van der Waals surface area contributed by atoms with Crippen molar-refractivity contribution in [3.63, 3.8) is 0 Å². The number of pyridine rings is 1. The van der Waals surface area contributed by atoms with Crippen molar-refractivity contribution in [2.75, 3.05) is 0 Å². The lowest BCUT2D eigenvalue weighted by molar-refractivity contribution is -0.159. The first kappa shape index (κ1) is 11.6. The Morgan fingerprint density at radius 3 is 2.47 bits per heavy atom. The molecule has 0 saturated carbocycles. The van der Waals surface area contributed by atoms with Crippen molar-refractivity contribution in [3.8, 4) is 11.4 Å². The summed E-state index contributed by atoms with van der Waals surface area (Å²) in [6.07, 6.45) is -3.22. The molecule has 0 saturated heterocycles. The maximum atomic E-state index is 12.2. The number of aromatic nitrogens is 3. The van der Waals surface area contributed by atoms with Crippen molar-refractivity contribution in [2.45, 2.75) is 20.0 Å². The second-order valence-electron chi connectivity index (χ2n) is 3.55. The molecular formula is C10H8F3N3O. The van der Waals surface area contributed by atoms with Gasteiger partial charge in [-0.25, -0.2) is 0 Å². The molecule has 0 unspecified atom stereocenters. The molecule has 17 heavy (non-hydrogen) atoms. The van der Waals surface area contributed by atoms with Crippen LogP contribution in [0.5, 0.6) is 0 Å². The second kappa shape index (κ2) is 3.83. The van der Waals surface area contributed by atoms with E-state index in [9.17, 15) is 13.2 Å². The van der Waals surface area contributed by atoms with Crippen LogP contribution in [0.25, 0.3) is 11.4 Å². The summed E-state index contributed by atoms with van der Waals surface area (Å²) in [6, 6.07) is 1.66. The fraction of sp³-hybridized carbons (Fsp3) is 0.300. The number of alkyl halides is 3. The predicted molar refractivity (Wildman–Crippen MR) is 52.0 cm³/mol. The lowest BCUT2D eigenvalue weighted by atomic mass is 10.1. The Morgan fingerprint density at radius 1 is 1.24 bits per heavy atom. The Kier molecular flexibility index (Phi) is 2.60. The lowest BCUT2D eigenvalue weighted by Gasteiger charge is -2.00. The quantitative estimate of drug-likeness (QED) is 0.772. The van der Waals surface area contributed by atoms with E-state index >= 15 is 0 Å². The largest absolute Gasteiger partial charge is 0.471 e. The minimum Gasteiger partial charge on any atom is -0.329 e. The first-order valence-electron chi connectivity index (χ1n) is 4.72. The molecule has 2 heterocycles. The molecule has 2 aromatic heterocycles. The number of nitrogens with zero attached hydrogens (tertiary/aromatic N) is 3. The van der Waals surface area contributed by atoms with Crippen LogP contribution in [0.2, 0.25) is 0 Å². The highest BCUT2D eigenvalue weighted by Crippen LogP contribution is 2.29. The third-order valence-electron chi connectivity index (χ3n) is 2.27. The second-order valence-corrected chi connectivity index (χ2v) is 3.55. The smallest absolute Gasteiger partial charge is 0.329 e. The van der Waals surface area contributed by atoms with E-state index in [-0.39, 0.29) is 5.82 Å². The van der Waals surface area contributed by atoms with Gasteiger partial charge in [-0.15, -0.1) is 0 Å². The highest BCUT2D eigenvalue weighted by Gasteiger charge is 2.38. The summed E-state index contributed by atoms with van der Waals surface area (Å²) >= 11 is 0. The summed E-state index contributed by atoms with van der Waals surface area (Å²) in [5.41, 5.74) is 2.04. The van der Waals surface area contributed by atoms with Crippen molar-refractivity contribution in [1.29, 1.82) is 0 Å².